The van der Waals surface area contributed by atoms with Crippen molar-refractivity contribution in [1.29, 1.82) is 0 Å². The molecular formula is C22H15Cl3N2S. The Morgan fingerprint density at radius 3 is 2.43 bits per heavy atom. The quantitative estimate of drug-likeness (QED) is 0.235. The third-order valence-corrected chi connectivity index (χ3v) is 6.11. The molecule has 0 amide bonds. The Hall–Kier alpha value is -1.78. The molecule has 0 unspecified atom stereocenters. The van der Waals surface area contributed by atoms with Gasteiger partial charge >= 0.3 is 0 Å². The molecule has 0 atom stereocenters. The number of nitrogens with zero attached hydrogens (tertiary/aromatic N) is 2. The summed E-state index contributed by atoms with van der Waals surface area (Å²) in [6.45, 7) is 0. The second-order valence-electron chi connectivity index (χ2n) is 6.29. The number of rotatable bonds is 5. The lowest BCUT2D eigenvalue weighted by Crippen LogP contribution is -1.99. The number of benzene rings is 3. The number of thioether (sulfide) groups is 1. The van der Waals surface area contributed by atoms with Crippen molar-refractivity contribution in [2.75, 3.05) is 0 Å². The van der Waals surface area contributed by atoms with Crippen molar-refractivity contribution in [3.05, 3.63) is 98.7 Å². The molecule has 0 fully saturated rings. The van der Waals surface area contributed by atoms with Crippen LogP contribution in [0.5, 0.6) is 0 Å². The van der Waals surface area contributed by atoms with Crippen LogP contribution in [-0.2, 0) is 12.2 Å². The Labute approximate surface area is 182 Å². The molecule has 0 aliphatic carbocycles. The van der Waals surface area contributed by atoms with Gasteiger partial charge in [0.1, 0.15) is 10.9 Å². The molecule has 4 aromatic rings. The molecule has 1 heterocycles. The maximum atomic E-state index is 6.32. The predicted octanol–water partition coefficient (Wildman–Crippen LogP) is 7.47. The lowest BCUT2D eigenvalue weighted by atomic mass is 10.1. The topological polar surface area (TPSA) is 25.8 Å². The zero-order chi connectivity index (χ0) is 19.5. The van der Waals surface area contributed by atoms with Crippen molar-refractivity contribution in [2.45, 2.75) is 17.2 Å². The van der Waals surface area contributed by atoms with E-state index in [0.717, 1.165) is 32.9 Å². The molecule has 0 saturated carbocycles. The van der Waals surface area contributed by atoms with Gasteiger partial charge in [-0.2, -0.15) is 0 Å². The standard InChI is InChI=1S/C22H15Cl3N2S/c23-16-5-3-4-14(10-16)11-21-26-20-7-2-1-6-18(20)22(27-21)28-13-15-8-9-17(24)12-19(15)25/h1-10,12H,11,13H2. The van der Waals surface area contributed by atoms with Gasteiger partial charge in [0.05, 0.1) is 5.52 Å². The minimum absolute atomic E-state index is 0.626. The normalized spacial score (nSPS) is 11.1. The van der Waals surface area contributed by atoms with Gasteiger partial charge in [-0.25, -0.2) is 9.97 Å². The van der Waals surface area contributed by atoms with Crippen LogP contribution >= 0.6 is 46.6 Å². The first kappa shape index (κ1) is 19.5. The van der Waals surface area contributed by atoms with Crippen molar-refractivity contribution in [1.82, 2.24) is 9.97 Å². The molecular weight excluding hydrogens is 431 g/mol. The highest BCUT2D eigenvalue weighted by molar-refractivity contribution is 7.98. The van der Waals surface area contributed by atoms with Crippen LogP contribution in [0.15, 0.2) is 71.8 Å². The van der Waals surface area contributed by atoms with E-state index in [4.69, 9.17) is 44.8 Å². The molecule has 0 aliphatic rings. The average molecular weight is 446 g/mol. The highest BCUT2D eigenvalue weighted by Gasteiger charge is 2.11. The van der Waals surface area contributed by atoms with Gasteiger partial charge in [-0.3, -0.25) is 0 Å². The van der Waals surface area contributed by atoms with Crippen LogP contribution in [0.2, 0.25) is 15.1 Å². The number of hydrogen-bond donors (Lipinski definition) is 0. The molecule has 4 rings (SSSR count). The lowest BCUT2D eigenvalue weighted by molar-refractivity contribution is 0.941. The van der Waals surface area contributed by atoms with Crippen LogP contribution in [0.4, 0.5) is 0 Å². The van der Waals surface area contributed by atoms with E-state index in [1.807, 2.05) is 60.7 Å². The smallest absolute Gasteiger partial charge is 0.134 e. The van der Waals surface area contributed by atoms with Crippen LogP contribution in [0.25, 0.3) is 10.9 Å². The second kappa shape index (κ2) is 8.71. The zero-order valence-corrected chi connectivity index (χ0v) is 17.8. The van der Waals surface area contributed by atoms with Gasteiger partial charge in [0.25, 0.3) is 0 Å². The van der Waals surface area contributed by atoms with E-state index < -0.39 is 0 Å². The van der Waals surface area contributed by atoms with Crippen molar-refractivity contribution >= 4 is 57.5 Å². The Morgan fingerprint density at radius 2 is 1.61 bits per heavy atom. The SMILES string of the molecule is Clc1cccc(Cc2nc(SCc3ccc(Cl)cc3Cl)c3ccccc3n2)c1. The Bertz CT molecular complexity index is 1150. The summed E-state index contributed by atoms with van der Waals surface area (Å²) in [4.78, 5) is 9.56. The van der Waals surface area contributed by atoms with Gasteiger partial charge in [-0.15, -0.1) is 11.8 Å². The molecule has 28 heavy (non-hydrogen) atoms. The number of fused-ring (bicyclic) bond motifs is 1. The fraction of sp³-hybridized carbons (Fsp3) is 0.0909. The van der Waals surface area contributed by atoms with E-state index in [2.05, 4.69) is 0 Å². The summed E-state index contributed by atoms with van der Waals surface area (Å²) < 4.78 is 0. The van der Waals surface area contributed by atoms with Crippen LogP contribution in [0.1, 0.15) is 17.0 Å². The maximum Gasteiger partial charge on any atom is 0.134 e. The summed E-state index contributed by atoms with van der Waals surface area (Å²) in [5.41, 5.74) is 3.04. The molecule has 3 aromatic carbocycles. The summed E-state index contributed by atoms with van der Waals surface area (Å²) in [5, 5.41) is 3.99. The summed E-state index contributed by atoms with van der Waals surface area (Å²) in [5.74, 6) is 1.47. The zero-order valence-electron chi connectivity index (χ0n) is 14.7. The summed E-state index contributed by atoms with van der Waals surface area (Å²) in [6.07, 6.45) is 0.626. The maximum absolute atomic E-state index is 6.32. The number of aromatic nitrogens is 2. The Morgan fingerprint density at radius 1 is 0.786 bits per heavy atom. The number of para-hydroxylation sites is 1. The minimum Gasteiger partial charge on any atom is -0.232 e. The summed E-state index contributed by atoms with van der Waals surface area (Å²) in [6, 6.07) is 21.4. The first-order chi connectivity index (χ1) is 13.6. The van der Waals surface area contributed by atoms with Crippen LogP contribution in [0.3, 0.4) is 0 Å². The van der Waals surface area contributed by atoms with E-state index in [0.29, 0.717) is 27.2 Å². The molecule has 140 valence electrons. The van der Waals surface area contributed by atoms with Gasteiger partial charge in [0.15, 0.2) is 0 Å². The van der Waals surface area contributed by atoms with E-state index in [1.165, 1.54) is 0 Å². The molecule has 6 heteroatoms. The van der Waals surface area contributed by atoms with Gasteiger partial charge in [0.2, 0.25) is 0 Å². The predicted molar refractivity (Wildman–Crippen MR) is 120 cm³/mol. The number of halogens is 3. The van der Waals surface area contributed by atoms with E-state index in [9.17, 15) is 0 Å². The fourth-order valence-electron chi connectivity index (χ4n) is 2.90. The van der Waals surface area contributed by atoms with Gasteiger partial charge in [-0.1, -0.05) is 71.2 Å². The molecule has 0 N–H and O–H groups in total. The lowest BCUT2D eigenvalue weighted by Gasteiger charge is -2.10. The van der Waals surface area contributed by atoms with Gasteiger partial charge < -0.3 is 0 Å². The number of hydrogen-bond acceptors (Lipinski definition) is 3. The van der Waals surface area contributed by atoms with E-state index in [-0.39, 0.29) is 0 Å². The summed E-state index contributed by atoms with van der Waals surface area (Å²) >= 11 is 20.1. The molecule has 0 radical (unpaired) electrons. The molecule has 0 saturated heterocycles. The van der Waals surface area contributed by atoms with Crippen molar-refractivity contribution < 1.29 is 0 Å². The van der Waals surface area contributed by atoms with Gasteiger partial charge in [-0.05, 0) is 41.5 Å². The first-order valence-corrected chi connectivity index (χ1v) is 10.8. The molecule has 0 bridgehead atoms. The average Bonchev–Trinajstić information content (AvgIpc) is 2.67. The monoisotopic (exact) mass is 444 g/mol. The van der Waals surface area contributed by atoms with Gasteiger partial charge in [0, 0.05) is 32.6 Å². The second-order valence-corrected chi connectivity index (χ2v) is 8.54. The Kier molecular flexibility index (Phi) is 6.07. The largest absolute Gasteiger partial charge is 0.232 e. The fourth-order valence-corrected chi connectivity index (χ4v) is 4.71. The molecule has 0 spiro atoms. The highest BCUT2D eigenvalue weighted by atomic mass is 35.5. The van der Waals surface area contributed by atoms with Crippen LogP contribution < -0.4 is 0 Å². The van der Waals surface area contributed by atoms with Crippen molar-refractivity contribution in [2.24, 2.45) is 0 Å². The summed E-state index contributed by atoms with van der Waals surface area (Å²) in [7, 11) is 0. The van der Waals surface area contributed by atoms with Crippen LogP contribution in [0, 0.1) is 0 Å². The Balaban J connectivity index is 1.66. The first-order valence-electron chi connectivity index (χ1n) is 8.65. The third kappa shape index (κ3) is 4.61. The molecule has 0 aliphatic heterocycles. The van der Waals surface area contributed by atoms with Crippen molar-refractivity contribution in [3.8, 4) is 0 Å². The third-order valence-electron chi connectivity index (χ3n) is 4.25. The molecule has 2 nitrogen and oxygen atoms in total. The highest BCUT2D eigenvalue weighted by Crippen LogP contribution is 2.31. The van der Waals surface area contributed by atoms with Crippen molar-refractivity contribution in [3.63, 3.8) is 0 Å². The van der Waals surface area contributed by atoms with E-state index in [1.54, 1.807) is 17.8 Å². The minimum atomic E-state index is 0.626. The molecule has 1 aromatic heterocycles. The van der Waals surface area contributed by atoms with E-state index >= 15 is 0 Å². The van der Waals surface area contributed by atoms with Crippen LogP contribution in [-0.4, -0.2) is 9.97 Å².